The van der Waals surface area contributed by atoms with Crippen LogP contribution in [0.3, 0.4) is 0 Å². The van der Waals surface area contributed by atoms with Crippen molar-refractivity contribution in [2.24, 2.45) is 5.10 Å². The van der Waals surface area contributed by atoms with Gasteiger partial charge in [-0.05, 0) is 42.5 Å². The van der Waals surface area contributed by atoms with Crippen molar-refractivity contribution in [3.63, 3.8) is 0 Å². The van der Waals surface area contributed by atoms with E-state index >= 15 is 0 Å². The van der Waals surface area contributed by atoms with E-state index < -0.39 is 0 Å². The zero-order valence-electron chi connectivity index (χ0n) is 12.5. The summed E-state index contributed by atoms with van der Waals surface area (Å²) < 4.78 is 1.13. The molecule has 2 rings (SSSR count). The van der Waals surface area contributed by atoms with Crippen LogP contribution in [0.4, 0.5) is 17.8 Å². The topological polar surface area (TPSA) is 87.1 Å². The fourth-order valence-corrected chi connectivity index (χ4v) is 2.17. The van der Waals surface area contributed by atoms with E-state index in [-0.39, 0.29) is 0 Å². The Kier molecular flexibility index (Phi) is 6.31. The van der Waals surface area contributed by atoms with Gasteiger partial charge >= 0.3 is 0 Å². The summed E-state index contributed by atoms with van der Waals surface area (Å²) in [5.74, 6) is 1.42. The summed E-state index contributed by atoms with van der Waals surface area (Å²) in [4.78, 5) is 12.8. The Morgan fingerprint density at radius 3 is 2.18 bits per heavy atom. The van der Waals surface area contributed by atoms with Crippen LogP contribution in [-0.4, -0.2) is 34.3 Å². The predicted molar refractivity (Wildman–Crippen MR) is 98.5 cm³/mol. The molecule has 0 aliphatic rings. The van der Waals surface area contributed by atoms with Gasteiger partial charge in [-0.3, -0.25) is 0 Å². The number of aromatic nitrogens is 3. The monoisotopic (exact) mass is 411 g/mol. The third-order valence-corrected chi connectivity index (χ3v) is 3.56. The molecular formula is C14H18IN7. The van der Waals surface area contributed by atoms with Crippen LogP contribution in [-0.2, 0) is 0 Å². The molecule has 0 bridgehead atoms. The number of halogens is 1. The van der Waals surface area contributed by atoms with Crippen LogP contribution in [0.15, 0.2) is 29.4 Å². The molecule has 0 aliphatic carbocycles. The largest absolute Gasteiger partial charge is 0.354 e. The van der Waals surface area contributed by atoms with E-state index in [2.05, 4.69) is 58.7 Å². The van der Waals surface area contributed by atoms with E-state index in [4.69, 9.17) is 0 Å². The smallest absolute Gasteiger partial charge is 0.250 e. The lowest BCUT2D eigenvalue weighted by molar-refractivity contribution is 0.992. The van der Waals surface area contributed by atoms with Gasteiger partial charge in [-0.2, -0.15) is 20.1 Å². The first kappa shape index (κ1) is 16.4. The quantitative estimate of drug-likeness (QED) is 0.369. The molecule has 0 radical (unpaired) electrons. The zero-order chi connectivity index (χ0) is 15.8. The van der Waals surface area contributed by atoms with Crippen molar-refractivity contribution >= 4 is 46.7 Å². The van der Waals surface area contributed by atoms with Crippen LogP contribution >= 0.6 is 22.6 Å². The highest BCUT2D eigenvalue weighted by Gasteiger charge is 2.04. The van der Waals surface area contributed by atoms with Gasteiger partial charge in [-0.1, -0.05) is 18.2 Å². The third kappa shape index (κ3) is 4.79. The second-order valence-electron chi connectivity index (χ2n) is 4.26. The van der Waals surface area contributed by atoms with Crippen LogP contribution in [0.1, 0.15) is 19.4 Å². The van der Waals surface area contributed by atoms with E-state index in [1.54, 1.807) is 6.21 Å². The lowest BCUT2D eigenvalue weighted by atomic mass is 10.2. The molecule has 0 saturated carbocycles. The van der Waals surface area contributed by atoms with Crippen molar-refractivity contribution in [3.8, 4) is 0 Å². The molecule has 8 heteroatoms. The molecule has 116 valence electrons. The molecule has 0 unspecified atom stereocenters. The summed E-state index contributed by atoms with van der Waals surface area (Å²) in [6.45, 7) is 5.44. The van der Waals surface area contributed by atoms with Crippen molar-refractivity contribution in [1.82, 2.24) is 15.0 Å². The van der Waals surface area contributed by atoms with Crippen molar-refractivity contribution in [3.05, 3.63) is 33.4 Å². The second-order valence-corrected chi connectivity index (χ2v) is 5.42. The molecule has 0 aliphatic heterocycles. The van der Waals surface area contributed by atoms with Crippen LogP contribution in [0.2, 0.25) is 0 Å². The molecule has 1 aromatic heterocycles. The summed E-state index contributed by atoms with van der Waals surface area (Å²) in [5, 5.41) is 10.3. The average molecular weight is 411 g/mol. The molecule has 7 nitrogen and oxygen atoms in total. The Labute approximate surface area is 143 Å². The van der Waals surface area contributed by atoms with Gasteiger partial charge in [0.1, 0.15) is 0 Å². The number of benzene rings is 1. The summed E-state index contributed by atoms with van der Waals surface area (Å²) >= 11 is 2.27. The summed E-state index contributed by atoms with van der Waals surface area (Å²) in [7, 11) is 0. The number of anilines is 3. The van der Waals surface area contributed by atoms with E-state index in [1.165, 1.54) is 0 Å². The number of rotatable bonds is 7. The van der Waals surface area contributed by atoms with Gasteiger partial charge < -0.3 is 10.6 Å². The molecule has 3 N–H and O–H groups in total. The Hall–Kier alpha value is -1.97. The summed E-state index contributed by atoms with van der Waals surface area (Å²) in [6.07, 6.45) is 1.74. The number of nitrogens with one attached hydrogen (secondary N) is 3. The van der Waals surface area contributed by atoms with Crippen LogP contribution in [0, 0.1) is 3.57 Å². The molecule has 0 fully saturated rings. The zero-order valence-corrected chi connectivity index (χ0v) is 14.6. The molecule has 0 saturated heterocycles. The maximum atomic E-state index is 4.26. The Balaban J connectivity index is 2.12. The fraction of sp³-hybridized carbons (Fsp3) is 0.286. The highest BCUT2D eigenvalue weighted by molar-refractivity contribution is 14.1. The first-order valence-electron chi connectivity index (χ1n) is 7.00. The average Bonchev–Trinajstić information content (AvgIpc) is 2.50. The molecule has 0 atom stereocenters. The molecule has 1 aromatic carbocycles. The highest BCUT2D eigenvalue weighted by Crippen LogP contribution is 2.10. The number of hydrogen-bond acceptors (Lipinski definition) is 7. The molecule has 22 heavy (non-hydrogen) atoms. The Bertz CT molecular complexity index is 621. The van der Waals surface area contributed by atoms with Crippen LogP contribution in [0.5, 0.6) is 0 Å². The Morgan fingerprint density at radius 1 is 1.00 bits per heavy atom. The molecule has 0 spiro atoms. The minimum absolute atomic E-state index is 0.393. The molecule has 1 heterocycles. The highest BCUT2D eigenvalue weighted by atomic mass is 127. The van der Waals surface area contributed by atoms with E-state index in [1.807, 2.05) is 38.1 Å². The summed E-state index contributed by atoms with van der Waals surface area (Å²) in [5.41, 5.74) is 3.87. The van der Waals surface area contributed by atoms with Gasteiger partial charge in [0.15, 0.2) is 0 Å². The maximum Gasteiger partial charge on any atom is 0.250 e. The van der Waals surface area contributed by atoms with E-state index in [0.717, 1.165) is 22.2 Å². The lowest BCUT2D eigenvalue weighted by Crippen LogP contribution is -2.10. The van der Waals surface area contributed by atoms with Gasteiger partial charge in [-0.25, -0.2) is 5.43 Å². The lowest BCUT2D eigenvalue weighted by Gasteiger charge is -2.07. The number of hydrogen-bond donors (Lipinski definition) is 3. The normalized spacial score (nSPS) is 10.7. The minimum atomic E-state index is 0.393. The Morgan fingerprint density at radius 2 is 1.59 bits per heavy atom. The van der Waals surface area contributed by atoms with Gasteiger partial charge in [-0.15, -0.1) is 0 Å². The molecule has 2 aromatic rings. The van der Waals surface area contributed by atoms with E-state index in [9.17, 15) is 0 Å². The predicted octanol–water partition coefficient (Wildman–Crippen LogP) is 2.79. The molecular weight excluding hydrogens is 393 g/mol. The van der Waals surface area contributed by atoms with Crippen molar-refractivity contribution < 1.29 is 0 Å². The first-order chi connectivity index (χ1) is 10.7. The third-order valence-electron chi connectivity index (χ3n) is 2.58. The standard InChI is InChI=1S/C14H18IN7/c1-3-16-12-19-13(17-4-2)21-14(20-12)22-18-9-10-7-5-6-8-11(10)15/h5-9H,3-4H2,1-2H3,(H3,16,17,19,20,21,22)/b18-9-. The van der Waals surface area contributed by atoms with E-state index in [0.29, 0.717) is 17.8 Å². The van der Waals surface area contributed by atoms with Gasteiger partial charge in [0.25, 0.3) is 0 Å². The van der Waals surface area contributed by atoms with Crippen molar-refractivity contribution in [2.45, 2.75) is 13.8 Å². The van der Waals surface area contributed by atoms with Crippen molar-refractivity contribution in [1.29, 1.82) is 0 Å². The second kappa shape index (κ2) is 8.47. The first-order valence-corrected chi connectivity index (χ1v) is 8.08. The van der Waals surface area contributed by atoms with Gasteiger partial charge in [0.05, 0.1) is 6.21 Å². The SMILES string of the molecule is CCNc1nc(NCC)nc(N/N=C\c2ccccc2I)n1. The van der Waals surface area contributed by atoms with Crippen molar-refractivity contribution in [2.75, 3.05) is 29.1 Å². The minimum Gasteiger partial charge on any atom is -0.354 e. The van der Waals surface area contributed by atoms with Gasteiger partial charge in [0, 0.05) is 22.2 Å². The summed E-state index contributed by atoms with van der Waals surface area (Å²) in [6, 6.07) is 7.98. The number of hydrazone groups is 1. The number of nitrogens with zero attached hydrogens (tertiary/aromatic N) is 4. The van der Waals surface area contributed by atoms with Gasteiger partial charge in [0.2, 0.25) is 17.8 Å². The fourth-order valence-electron chi connectivity index (χ4n) is 1.64. The van der Waals surface area contributed by atoms with Crippen LogP contribution < -0.4 is 16.1 Å². The molecule has 0 amide bonds. The van der Waals surface area contributed by atoms with Crippen LogP contribution in [0.25, 0.3) is 0 Å². The maximum absolute atomic E-state index is 4.26.